The van der Waals surface area contributed by atoms with E-state index in [2.05, 4.69) is 27.9 Å². The topological polar surface area (TPSA) is 99.1 Å². The van der Waals surface area contributed by atoms with Gasteiger partial charge in [0.15, 0.2) is 0 Å². The highest BCUT2D eigenvalue weighted by molar-refractivity contribution is 14.1. The molecule has 3 atom stereocenters. The zero-order valence-corrected chi connectivity index (χ0v) is 20.9. The van der Waals surface area contributed by atoms with Crippen molar-refractivity contribution >= 4 is 34.4 Å². The lowest BCUT2D eigenvalue weighted by atomic mass is 9.87. The number of benzene rings is 2. The number of aliphatic hydroxyl groups excluding tert-OH is 2. The summed E-state index contributed by atoms with van der Waals surface area (Å²) in [5.74, 6) is 0.226. The van der Waals surface area contributed by atoms with Crippen molar-refractivity contribution in [3.05, 3.63) is 75.4 Å². The molecule has 0 aromatic heterocycles. The molecule has 2 aliphatic carbocycles. The fourth-order valence-corrected chi connectivity index (χ4v) is 4.68. The molecule has 0 saturated heterocycles. The van der Waals surface area contributed by atoms with Crippen LogP contribution < -0.4 is 10.1 Å². The number of hydrogen-bond acceptors (Lipinski definition) is 5. The molecule has 180 valence electrons. The minimum absolute atomic E-state index is 0.00189. The lowest BCUT2D eigenvalue weighted by Crippen LogP contribution is -2.55. The molecule has 2 amide bonds. The van der Waals surface area contributed by atoms with E-state index < -0.39 is 18.2 Å². The van der Waals surface area contributed by atoms with E-state index in [-0.39, 0.29) is 37.3 Å². The zero-order chi connectivity index (χ0) is 24.1. The standard InChI is InChI=1S/C26H29IN2O5/c27-20-8-4-5-9-22(20)34-23-15-19(25(32)28-12-13-30)14-21(24(23)31)29(26(33)18-10-11-18)16-17-6-2-1-3-7-17/h1-9,15,18,21,23-24,30-31H,10-14,16H2,(H,28,32). The van der Waals surface area contributed by atoms with E-state index in [0.717, 1.165) is 22.0 Å². The second kappa shape index (κ2) is 11.3. The zero-order valence-electron chi connectivity index (χ0n) is 18.8. The lowest BCUT2D eigenvalue weighted by molar-refractivity contribution is -0.140. The minimum atomic E-state index is -1.02. The first kappa shape index (κ1) is 24.7. The summed E-state index contributed by atoms with van der Waals surface area (Å²) in [5.41, 5.74) is 1.39. The van der Waals surface area contributed by atoms with Gasteiger partial charge < -0.3 is 25.2 Å². The molecule has 0 bridgehead atoms. The van der Waals surface area contributed by atoms with E-state index >= 15 is 0 Å². The van der Waals surface area contributed by atoms with Crippen molar-refractivity contribution in [2.24, 2.45) is 5.92 Å². The van der Waals surface area contributed by atoms with Gasteiger partial charge in [0, 0.05) is 31.0 Å². The van der Waals surface area contributed by atoms with Crippen LogP contribution in [0.5, 0.6) is 5.75 Å². The Morgan fingerprint density at radius 1 is 1.09 bits per heavy atom. The van der Waals surface area contributed by atoms with Crippen LogP contribution in [0.4, 0.5) is 0 Å². The fraction of sp³-hybridized carbons (Fsp3) is 0.385. The number of carbonyl (C=O) groups is 2. The first-order valence-electron chi connectivity index (χ1n) is 11.5. The molecule has 0 spiro atoms. The summed E-state index contributed by atoms with van der Waals surface area (Å²) in [7, 11) is 0. The highest BCUT2D eigenvalue weighted by atomic mass is 127. The number of nitrogens with one attached hydrogen (secondary N) is 1. The van der Waals surface area contributed by atoms with Crippen LogP contribution in [0.2, 0.25) is 0 Å². The number of carbonyl (C=O) groups excluding carboxylic acids is 2. The smallest absolute Gasteiger partial charge is 0.247 e. The second-order valence-electron chi connectivity index (χ2n) is 8.67. The number of hydrogen-bond donors (Lipinski definition) is 3. The van der Waals surface area contributed by atoms with Crippen molar-refractivity contribution in [1.82, 2.24) is 10.2 Å². The normalized spacial score (nSPS) is 22.0. The molecule has 34 heavy (non-hydrogen) atoms. The molecule has 0 aliphatic heterocycles. The third kappa shape index (κ3) is 5.97. The molecule has 4 rings (SSSR count). The Bertz CT molecular complexity index is 1040. The molecule has 3 unspecified atom stereocenters. The van der Waals surface area contributed by atoms with Crippen molar-refractivity contribution in [3.8, 4) is 5.75 Å². The van der Waals surface area contributed by atoms with E-state index in [0.29, 0.717) is 17.9 Å². The average molecular weight is 576 g/mol. The van der Waals surface area contributed by atoms with Crippen LogP contribution in [0, 0.1) is 9.49 Å². The van der Waals surface area contributed by atoms with Crippen LogP contribution in [0.3, 0.4) is 0 Å². The van der Waals surface area contributed by atoms with Crippen molar-refractivity contribution in [2.75, 3.05) is 13.2 Å². The van der Waals surface area contributed by atoms with Gasteiger partial charge in [0.2, 0.25) is 11.8 Å². The summed E-state index contributed by atoms with van der Waals surface area (Å²) in [6.45, 7) is 0.298. The predicted octanol–water partition coefficient (Wildman–Crippen LogP) is 2.65. The van der Waals surface area contributed by atoms with Crippen LogP contribution in [0.1, 0.15) is 24.8 Å². The Morgan fingerprint density at radius 2 is 1.79 bits per heavy atom. The fourth-order valence-electron chi connectivity index (χ4n) is 4.17. The Kier molecular flexibility index (Phi) is 8.23. The van der Waals surface area contributed by atoms with E-state index in [1.807, 2.05) is 54.6 Å². The number of nitrogens with zero attached hydrogens (tertiary/aromatic N) is 1. The number of amides is 2. The molecule has 8 heteroatoms. The first-order valence-corrected chi connectivity index (χ1v) is 12.6. The van der Waals surface area contributed by atoms with Gasteiger partial charge in [-0.1, -0.05) is 42.5 Å². The number of para-hydroxylation sites is 1. The van der Waals surface area contributed by atoms with Crippen LogP contribution in [0.15, 0.2) is 66.2 Å². The molecule has 2 aliphatic rings. The summed E-state index contributed by atoms with van der Waals surface area (Å²) >= 11 is 2.16. The molecule has 0 radical (unpaired) electrons. The Balaban J connectivity index is 1.66. The SMILES string of the molecule is O=C(NCCO)C1=CC(Oc2ccccc2I)C(O)C(N(Cc2ccccc2)C(=O)C2CC2)C1. The molecule has 2 aromatic carbocycles. The number of aliphatic hydroxyl groups is 2. The predicted molar refractivity (Wildman–Crippen MR) is 136 cm³/mol. The Labute approximate surface area is 212 Å². The van der Waals surface area contributed by atoms with Crippen molar-refractivity contribution in [1.29, 1.82) is 0 Å². The van der Waals surface area contributed by atoms with Crippen molar-refractivity contribution in [2.45, 2.75) is 44.1 Å². The molecule has 7 nitrogen and oxygen atoms in total. The van der Waals surface area contributed by atoms with Crippen molar-refractivity contribution in [3.63, 3.8) is 0 Å². The van der Waals surface area contributed by atoms with Crippen molar-refractivity contribution < 1.29 is 24.5 Å². The summed E-state index contributed by atoms with van der Waals surface area (Å²) in [6.07, 6.45) is 1.70. The van der Waals surface area contributed by atoms with Gasteiger partial charge in [-0.2, -0.15) is 0 Å². The van der Waals surface area contributed by atoms with E-state index in [9.17, 15) is 14.7 Å². The molecule has 0 heterocycles. The van der Waals surface area contributed by atoms with Crippen LogP contribution in [-0.4, -0.2) is 58.3 Å². The second-order valence-corrected chi connectivity index (χ2v) is 9.83. The minimum Gasteiger partial charge on any atom is -0.482 e. The van der Waals surface area contributed by atoms with Gasteiger partial charge in [0.25, 0.3) is 0 Å². The quantitative estimate of drug-likeness (QED) is 0.399. The molecule has 3 N–H and O–H groups in total. The van der Waals surface area contributed by atoms with Gasteiger partial charge in [-0.05, 0) is 59.2 Å². The highest BCUT2D eigenvalue weighted by Gasteiger charge is 2.43. The maximum Gasteiger partial charge on any atom is 0.247 e. The largest absolute Gasteiger partial charge is 0.482 e. The number of rotatable bonds is 9. The summed E-state index contributed by atoms with van der Waals surface area (Å²) in [5, 5.41) is 23.2. The third-order valence-corrected chi connectivity index (χ3v) is 7.01. The molecular weight excluding hydrogens is 547 g/mol. The lowest BCUT2D eigenvalue weighted by Gasteiger charge is -2.40. The summed E-state index contributed by atoms with van der Waals surface area (Å²) < 4.78 is 7.05. The summed E-state index contributed by atoms with van der Waals surface area (Å²) in [6, 6.07) is 16.5. The van der Waals surface area contributed by atoms with Crippen LogP contribution >= 0.6 is 22.6 Å². The maximum absolute atomic E-state index is 13.3. The number of ether oxygens (including phenoxy) is 1. The van der Waals surface area contributed by atoms with E-state index in [1.54, 1.807) is 11.0 Å². The summed E-state index contributed by atoms with van der Waals surface area (Å²) in [4.78, 5) is 27.9. The average Bonchev–Trinajstić information content (AvgIpc) is 3.70. The Morgan fingerprint density at radius 3 is 2.47 bits per heavy atom. The van der Waals surface area contributed by atoms with Crippen LogP contribution in [0.25, 0.3) is 0 Å². The first-order chi connectivity index (χ1) is 16.5. The van der Waals surface area contributed by atoms with E-state index in [4.69, 9.17) is 9.84 Å². The Hall–Kier alpha value is -2.43. The molecule has 1 fully saturated rings. The van der Waals surface area contributed by atoms with Gasteiger partial charge in [0.1, 0.15) is 18.0 Å². The third-order valence-electron chi connectivity index (χ3n) is 6.12. The van der Waals surface area contributed by atoms with Gasteiger partial charge in [-0.15, -0.1) is 0 Å². The molecule has 2 aromatic rings. The molecular formula is C26H29IN2O5. The molecule has 1 saturated carbocycles. The number of halogens is 1. The van der Waals surface area contributed by atoms with E-state index in [1.165, 1.54) is 0 Å². The van der Waals surface area contributed by atoms with Gasteiger partial charge in [0.05, 0.1) is 16.2 Å². The van der Waals surface area contributed by atoms with Crippen LogP contribution in [-0.2, 0) is 16.1 Å². The van der Waals surface area contributed by atoms with Gasteiger partial charge in [-0.25, -0.2) is 0 Å². The monoisotopic (exact) mass is 576 g/mol. The maximum atomic E-state index is 13.3. The highest BCUT2D eigenvalue weighted by Crippen LogP contribution is 2.36. The van der Waals surface area contributed by atoms with Gasteiger partial charge >= 0.3 is 0 Å². The van der Waals surface area contributed by atoms with Gasteiger partial charge in [-0.3, -0.25) is 9.59 Å².